The zero-order valence-corrected chi connectivity index (χ0v) is 46.9. The second-order valence-electron chi connectivity index (χ2n) is 22.1. The Morgan fingerprint density at radius 2 is 1.62 bits per heavy atom. The van der Waals surface area contributed by atoms with Gasteiger partial charge in [0.25, 0.3) is 5.91 Å². The second-order valence-corrected chi connectivity index (χ2v) is 22.8. The summed E-state index contributed by atoms with van der Waals surface area (Å²) >= 11 is 13.1. The van der Waals surface area contributed by atoms with Crippen LogP contribution in [0.5, 0.6) is 0 Å². The van der Waals surface area contributed by atoms with Crippen LogP contribution in [-0.4, -0.2) is 178 Å². The minimum absolute atomic E-state index is 0.0878. The van der Waals surface area contributed by atoms with Crippen molar-refractivity contribution in [2.75, 3.05) is 46.2 Å². The van der Waals surface area contributed by atoms with E-state index in [2.05, 4.69) is 10.6 Å². The number of methoxy groups -OCH3 is 1. The smallest absolute Gasteiger partial charge is 0.311 e. The average molecular weight is 1070 g/mol. The predicted octanol–water partition coefficient (Wildman–Crippen LogP) is 6.45. The largest absolute Gasteiger partial charge is 0.459 e. The van der Waals surface area contributed by atoms with E-state index in [-0.39, 0.29) is 49.8 Å². The summed E-state index contributed by atoms with van der Waals surface area (Å²) in [5, 5.41) is 67.4. The molecule has 73 heavy (non-hydrogen) atoms. The van der Waals surface area contributed by atoms with Crippen molar-refractivity contribution < 1.29 is 63.5 Å². The van der Waals surface area contributed by atoms with E-state index in [4.69, 9.17) is 51.6 Å². The molecule has 2 aromatic carbocycles. The van der Waals surface area contributed by atoms with Crippen LogP contribution in [0.2, 0.25) is 10.0 Å². The first kappa shape index (κ1) is 61.1. The fraction of sp³-hybridized carbons (Fsp3) is 0.741. The summed E-state index contributed by atoms with van der Waals surface area (Å²) in [6.07, 6.45) is -8.88. The number of likely N-dealkylation sites (N-methyl/N-ethyl adjacent to an activating group) is 1. The molecule has 3 aliphatic heterocycles. The molecule has 0 saturated carbocycles. The van der Waals surface area contributed by atoms with E-state index < -0.39 is 96.0 Å². The molecule has 19 heteroatoms. The maximum Gasteiger partial charge on any atom is 0.311 e. The summed E-state index contributed by atoms with van der Waals surface area (Å²) < 4.78 is 38.2. The lowest BCUT2D eigenvalue weighted by molar-refractivity contribution is -0.318. The Morgan fingerprint density at radius 3 is 2.26 bits per heavy atom. The van der Waals surface area contributed by atoms with Crippen LogP contribution in [0.15, 0.2) is 36.4 Å². The number of ether oxygens (including phenoxy) is 6. The zero-order chi connectivity index (χ0) is 54.5. The molecule has 17 nitrogen and oxygen atoms in total. The van der Waals surface area contributed by atoms with Crippen molar-refractivity contribution >= 4 is 46.5 Å². The van der Waals surface area contributed by atoms with Gasteiger partial charge in [0.05, 0.1) is 68.5 Å². The van der Waals surface area contributed by atoms with Crippen molar-refractivity contribution in [3.05, 3.63) is 57.6 Å². The molecule has 3 saturated heterocycles. The fourth-order valence-electron chi connectivity index (χ4n) is 11.2. The first-order valence-electron chi connectivity index (χ1n) is 25.9. The SMILES string of the molecule is CC[C@H]1OC(=O)[C@H](C)[C@@H](O[C@H]2C[C@@](C)(OC)[C@@H](O)[C@H](C)O2)[C@H](C)[C@@H](O[C@@H]2O[C@H](C)C[C@H](N(C)C)[C@H]2O)[C@](C)(O)C[C@@H](C)CN(CCCNC(=O)c2ccccc2Nc2c(Cl)ccc(C)c2Cl)[C@H](C)[C@@H](O)[C@]1(C)O. The Labute approximate surface area is 443 Å². The van der Waals surface area contributed by atoms with Crippen LogP contribution in [0.25, 0.3) is 0 Å². The van der Waals surface area contributed by atoms with Crippen LogP contribution in [0.3, 0.4) is 0 Å². The molecule has 3 heterocycles. The molecule has 0 aromatic heterocycles. The predicted molar refractivity (Wildman–Crippen MR) is 281 cm³/mol. The normalized spacial score (nSPS) is 38.5. The van der Waals surface area contributed by atoms with Gasteiger partial charge in [-0.05, 0) is 125 Å². The molecular weight excluding hydrogens is 984 g/mol. The molecule has 3 aliphatic rings. The molecule has 18 atom stereocenters. The third-order valence-corrected chi connectivity index (χ3v) is 16.5. The van der Waals surface area contributed by atoms with Crippen LogP contribution in [0.4, 0.5) is 11.4 Å². The van der Waals surface area contributed by atoms with Crippen molar-refractivity contribution in [2.45, 2.75) is 199 Å². The number of esters is 1. The van der Waals surface area contributed by atoms with Crippen molar-refractivity contribution in [3.63, 3.8) is 0 Å². The van der Waals surface area contributed by atoms with E-state index in [0.717, 1.165) is 5.56 Å². The lowest BCUT2D eigenvalue weighted by Crippen LogP contribution is -2.60. The van der Waals surface area contributed by atoms with Crippen molar-refractivity contribution in [1.82, 2.24) is 15.1 Å². The highest BCUT2D eigenvalue weighted by Gasteiger charge is 2.53. The third-order valence-electron chi connectivity index (χ3n) is 15.7. The van der Waals surface area contributed by atoms with Gasteiger partial charge in [0.2, 0.25) is 0 Å². The average Bonchev–Trinajstić information content (AvgIpc) is 3.33. The molecule has 0 aliphatic carbocycles. The number of rotatable bonds is 14. The van der Waals surface area contributed by atoms with Gasteiger partial charge in [-0.2, -0.15) is 0 Å². The lowest BCUT2D eigenvalue weighted by Gasteiger charge is -2.48. The molecule has 0 spiro atoms. The number of para-hydroxylation sites is 1. The topological polar surface area (TPSA) is 221 Å². The van der Waals surface area contributed by atoms with Gasteiger partial charge >= 0.3 is 5.97 Å². The van der Waals surface area contributed by atoms with Gasteiger partial charge in [0.15, 0.2) is 12.6 Å². The molecular formula is C54H86Cl2N4O13. The third kappa shape index (κ3) is 14.5. The van der Waals surface area contributed by atoms with Gasteiger partial charge in [-0.15, -0.1) is 0 Å². The summed E-state index contributed by atoms with van der Waals surface area (Å²) in [5.74, 6) is -3.31. The van der Waals surface area contributed by atoms with E-state index in [1.54, 1.807) is 78.8 Å². The number of carbonyl (C=O) groups is 2. The highest BCUT2D eigenvalue weighted by Crippen LogP contribution is 2.41. The molecule has 3 fully saturated rings. The van der Waals surface area contributed by atoms with Gasteiger partial charge in [0, 0.05) is 51.2 Å². The highest BCUT2D eigenvalue weighted by atomic mass is 35.5. The monoisotopic (exact) mass is 1070 g/mol. The Bertz CT molecular complexity index is 2140. The second kappa shape index (κ2) is 25.6. The standard InChI is InChI=1S/C54H86Cl2N4O13/c1-15-40-54(11,67)46(62)34(7)60(24-18-23-57-49(64)36-19-16-17-20-38(36)58-43-37(55)22-21-30(3)42(43)56)28-29(2)26-52(9,66)48(73-51-44(61)39(59(12)13)25-31(4)69-51)32(5)45(33(6)50(65)71-40)72-41-27-53(10,68-14)47(63)35(8)70-41/h16-17,19-22,29,31-35,39-41,44-48,51,58,61-63,66-67H,15,18,23-28H2,1-14H3,(H,57,64)/t29-,31-,32+,33-,34-,35+,39+,40-,41+,44-,45+,46-,47+,48-,51+,52-,53-,54-/m1/s1. The number of aliphatic hydroxyl groups excluding tert-OH is 3. The number of nitrogens with one attached hydrogen (secondary N) is 2. The molecule has 2 aromatic rings. The number of nitrogens with zero attached hydrogens (tertiary/aromatic N) is 2. The number of benzene rings is 2. The molecule has 7 N–H and O–H groups in total. The van der Waals surface area contributed by atoms with Gasteiger partial charge in [-0.25, -0.2) is 0 Å². The Morgan fingerprint density at radius 1 is 0.945 bits per heavy atom. The molecule has 0 bridgehead atoms. The Hall–Kier alpha value is -2.72. The fourth-order valence-corrected chi connectivity index (χ4v) is 11.6. The number of halogens is 2. The quantitative estimate of drug-likeness (QED) is 0.0798. The first-order chi connectivity index (χ1) is 34.1. The highest BCUT2D eigenvalue weighted by molar-refractivity contribution is 6.39. The maximum absolute atomic E-state index is 14.6. The van der Waals surface area contributed by atoms with Gasteiger partial charge in [0.1, 0.15) is 30.0 Å². The number of hydrogen-bond donors (Lipinski definition) is 7. The van der Waals surface area contributed by atoms with Gasteiger partial charge in [-0.1, -0.05) is 62.2 Å². The number of anilines is 2. The number of cyclic esters (lactones) is 1. The van der Waals surface area contributed by atoms with E-state index in [1.807, 2.05) is 50.7 Å². The van der Waals surface area contributed by atoms with Gasteiger partial charge < -0.3 is 69.5 Å². The first-order valence-corrected chi connectivity index (χ1v) is 26.7. The van der Waals surface area contributed by atoms with Crippen LogP contribution in [0.1, 0.15) is 117 Å². The van der Waals surface area contributed by atoms with Crippen LogP contribution in [0, 0.1) is 24.7 Å². The number of hydrogen-bond acceptors (Lipinski definition) is 16. The summed E-state index contributed by atoms with van der Waals surface area (Å²) in [6, 6.07) is 9.52. The number of aliphatic hydroxyl groups is 5. The Kier molecular flexibility index (Phi) is 21.5. The van der Waals surface area contributed by atoms with Crippen LogP contribution in [-0.2, 0) is 33.2 Å². The van der Waals surface area contributed by atoms with Crippen LogP contribution < -0.4 is 10.6 Å². The van der Waals surface area contributed by atoms with E-state index in [1.165, 1.54) is 14.0 Å². The summed E-state index contributed by atoms with van der Waals surface area (Å²) in [5.41, 5.74) is -2.52. The van der Waals surface area contributed by atoms with E-state index >= 15 is 0 Å². The minimum atomic E-state index is -1.95. The molecule has 0 unspecified atom stereocenters. The number of aryl methyl sites for hydroxylation is 1. The van der Waals surface area contributed by atoms with Crippen molar-refractivity contribution in [1.29, 1.82) is 0 Å². The molecule has 1 amide bonds. The van der Waals surface area contributed by atoms with E-state index in [0.29, 0.717) is 52.9 Å². The van der Waals surface area contributed by atoms with E-state index in [9.17, 15) is 35.1 Å². The number of amides is 1. The van der Waals surface area contributed by atoms with Gasteiger partial charge in [-0.3, -0.25) is 14.5 Å². The minimum Gasteiger partial charge on any atom is -0.459 e. The maximum atomic E-state index is 14.6. The summed E-state index contributed by atoms with van der Waals surface area (Å²) in [6.45, 7) is 20.2. The summed E-state index contributed by atoms with van der Waals surface area (Å²) in [4.78, 5) is 32.3. The molecule has 414 valence electrons. The zero-order valence-electron chi connectivity index (χ0n) is 45.4. The van der Waals surface area contributed by atoms with Crippen molar-refractivity contribution in [2.24, 2.45) is 17.8 Å². The summed E-state index contributed by atoms with van der Waals surface area (Å²) in [7, 11) is 5.24. The Balaban J connectivity index is 1.48. The molecule has 5 rings (SSSR count). The van der Waals surface area contributed by atoms with Crippen LogP contribution >= 0.6 is 23.2 Å². The molecule has 0 radical (unpaired) electrons. The number of carbonyl (C=O) groups excluding carboxylic acids is 2. The van der Waals surface area contributed by atoms with Crippen molar-refractivity contribution in [3.8, 4) is 0 Å². The lowest BCUT2D eigenvalue weighted by atomic mass is 9.77.